The molecule has 0 saturated heterocycles. The Morgan fingerprint density at radius 1 is 0.276 bits per heavy atom. The minimum absolute atomic E-state index is 0.412. The van der Waals surface area contributed by atoms with E-state index in [4.69, 9.17) is 29.3 Å². The van der Waals surface area contributed by atoms with Crippen molar-refractivity contribution in [2.45, 2.75) is 155 Å². The average molecular weight is 1020 g/mol. The van der Waals surface area contributed by atoms with Crippen molar-refractivity contribution in [2.24, 2.45) is 0 Å². The van der Waals surface area contributed by atoms with Gasteiger partial charge in [-0.15, -0.1) is 0 Å². The highest BCUT2D eigenvalue weighted by Crippen LogP contribution is 2.57. The van der Waals surface area contributed by atoms with Crippen molar-refractivity contribution >= 4 is 43.6 Å². The maximum absolute atomic E-state index is 6.23. The van der Waals surface area contributed by atoms with Crippen molar-refractivity contribution < 1.29 is 19.4 Å². The summed E-state index contributed by atoms with van der Waals surface area (Å²) in [7, 11) is 7.14. The Balaban J connectivity index is 1.21. The first-order valence-electron chi connectivity index (χ1n) is 27.0. The molecule has 12 nitrogen and oxygen atoms in total. The van der Waals surface area contributed by atoms with E-state index in [1.54, 1.807) is 28.4 Å². The number of hydrogen-bond donors (Lipinski definition) is 2. The van der Waals surface area contributed by atoms with E-state index in [2.05, 4.69) is 214 Å². The van der Waals surface area contributed by atoms with Gasteiger partial charge in [0.15, 0.2) is 0 Å². The topological polar surface area (TPSA) is 107 Å². The maximum atomic E-state index is 6.23. The molecule has 0 fully saturated rings. The Labute approximate surface area is 447 Å². The van der Waals surface area contributed by atoms with Crippen LogP contribution >= 0.6 is 0 Å². The van der Waals surface area contributed by atoms with E-state index >= 15 is 0 Å². The molecule has 0 saturated carbocycles. The molecule has 12 heteroatoms. The van der Waals surface area contributed by atoms with Gasteiger partial charge in [0.1, 0.15) is 0 Å². The predicted octanol–water partition coefficient (Wildman–Crippen LogP) is 14.7. The zero-order valence-corrected chi connectivity index (χ0v) is 48.2. The molecule has 0 unspecified atom stereocenters. The highest BCUT2D eigenvalue weighted by molar-refractivity contribution is 6.11. The zero-order valence-electron chi connectivity index (χ0n) is 48.2. The highest BCUT2D eigenvalue weighted by Gasteiger charge is 2.54. The molecular weight excluding hydrogens is 945 g/mol. The lowest BCUT2D eigenvalue weighted by molar-refractivity contribution is -0.241. The standard InChI is InChI=1S/C64H74N8O4/c1-57(2)41-21-33-34(22-42(41)58(3,4)69(57)73-17)50-30-52-37-25-45-46(62(11,12)71(75-19)61(45,9)10)26-38(37)54(67-52)32-56-40-28-48-47(63(13,14)72(76-20)64(48,15)16)27-39(40)55(68-56)31-53-36-24-44-43(59(5,6)70(74-18)60(44,7)8)23-35(36)51(66-53)29-49(33)65-50/h21-32,65,68H,1-20H3. The van der Waals surface area contributed by atoms with Crippen LogP contribution in [0.1, 0.15) is 155 Å². The molecule has 0 radical (unpaired) electrons. The van der Waals surface area contributed by atoms with Gasteiger partial charge >= 0.3 is 0 Å². The second kappa shape index (κ2) is 15.1. The van der Waals surface area contributed by atoms with Crippen LogP contribution in [0.2, 0.25) is 0 Å². The molecule has 0 aliphatic carbocycles. The molecule has 8 bridgehead atoms. The van der Waals surface area contributed by atoms with Crippen LogP contribution in [0.4, 0.5) is 0 Å². The molecule has 76 heavy (non-hydrogen) atoms. The molecule has 3 aromatic heterocycles. The number of rotatable bonds is 4. The molecule has 0 atom stereocenters. The average Bonchev–Trinajstić information content (AvgIpc) is 4.24. The van der Waals surface area contributed by atoms with Gasteiger partial charge in [-0.05, 0) is 228 Å². The predicted molar refractivity (Wildman–Crippen MR) is 304 cm³/mol. The summed E-state index contributed by atoms with van der Waals surface area (Å²) in [6.45, 7) is 36.1. The summed E-state index contributed by atoms with van der Waals surface area (Å²) in [4.78, 5) is 44.4. The summed E-state index contributed by atoms with van der Waals surface area (Å²) >= 11 is 0. The van der Waals surface area contributed by atoms with Crippen LogP contribution in [0, 0.1) is 0 Å². The smallest absolute Gasteiger partial charge is 0.0737 e. The molecule has 2 N–H and O–H groups in total. The van der Waals surface area contributed by atoms with E-state index in [-0.39, 0.29) is 0 Å². The van der Waals surface area contributed by atoms with E-state index < -0.39 is 44.3 Å². The van der Waals surface area contributed by atoms with Crippen molar-refractivity contribution in [3.05, 3.63) is 117 Å². The number of aromatic amines is 2. The Hall–Kier alpha value is -5.80. The summed E-state index contributed by atoms with van der Waals surface area (Å²) in [6.07, 6.45) is 0. The van der Waals surface area contributed by atoms with Crippen LogP contribution < -0.4 is 0 Å². The number of nitrogens with one attached hydrogen (secondary N) is 2. The molecule has 394 valence electrons. The lowest BCUT2D eigenvalue weighted by atomic mass is 9.86. The minimum Gasteiger partial charge on any atom is -0.354 e. The Morgan fingerprint density at radius 3 is 0.618 bits per heavy atom. The zero-order chi connectivity index (χ0) is 54.3. The quantitative estimate of drug-likeness (QED) is 0.177. The fraction of sp³-hybridized carbons (Fsp3) is 0.438. The van der Waals surface area contributed by atoms with Gasteiger partial charge in [-0.3, -0.25) is 0 Å². The van der Waals surface area contributed by atoms with Gasteiger partial charge in [0.2, 0.25) is 0 Å². The lowest BCUT2D eigenvalue weighted by Crippen LogP contribution is -2.44. The summed E-state index contributed by atoms with van der Waals surface area (Å²) in [5.41, 5.74) is 18.3. The van der Waals surface area contributed by atoms with Crippen molar-refractivity contribution in [1.29, 1.82) is 0 Å². The van der Waals surface area contributed by atoms with Crippen LogP contribution in [0.15, 0.2) is 72.8 Å². The Morgan fingerprint density at radius 2 is 0.447 bits per heavy atom. The largest absolute Gasteiger partial charge is 0.354 e. The highest BCUT2D eigenvalue weighted by atomic mass is 16.7. The van der Waals surface area contributed by atoms with Crippen molar-refractivity contribution in [1.82, 2.24) is 40.2 Å². The van der Waals surface area contributed by atoms with Crippen molar-refractivity contribution in [3.63, 3.8) is 0 Å². The fourth-order valence-corrected chi connectivity index (χ4v) is 16.2. The van der Waals surface area contributed by atoms with Gasteiger partial charge in [0, 0.05) is 65.9 Å². The molecule has 0 amide bonds. The van der Waals surface area contributed by atoms with E-state index in [1.165, 1.54) is 44.5 Å². The van der Waals surface area contributed by atoms with Crippen molar-refractivity contribution in [2.75, 3.05) is 28.4 Å². The van der Waals surface area contributed by atoms with Crippen LogP contribution in [0.25, 0.3) is 88.6 Å². The van der Waals surface area contributed by atoms with Crippen LogP contribution in [0.3, 0.4) is 0 Å². The number of nitrogens with zero attached hydrogens (tertiary/aromatic N) is 6. The fourth-order valence-electron chi connectivity index (χ4n) is 16.2. The second-order valence-corrected chi connectivity index (χ2v) is 26.4. The van der Waals surface area contributed by atoms with Gasteiger partial charge in [0.25, 0.3) is 0 Å². The first kappa shape index (κ1) is 49.8. The molecule has 6 aliphatic rings. The molecule has 6 aliphatic heterocycles. The normalized spacial score (nSPS) is 21.7. The molecule has 9 heterocycles. The first-order chi connectivity index (χ1) is 35.5. The summed E-state index contributed by atoms with van der Waals surface area (Å²) in [5.74, 6) is 0. The third-order valence-corrected chi connectivity index (χ3v) is 19.1. The van der Waals surface area contributed by atoms with Crippen LogP contribution in [-0.2, 0) is 63.7 Å². The van der Waals surface area contributed by atoms with Gasteiger partial charge < -0.3 is 29.3 Å². The minimum atomic E-state index is -0.415. The molecular formula is C64H74N8O4. The number of fused-ring (bicyclic) bond motifs is 24. The monoisotopic (exact) mass is 1020 g/mol. The first-order valence-corrected chi connectivity index (χ1v) is 27.0. The number of H-pyrrole nitrogens is 2. The van der Waals surface area contributed by atoms with Crippen LogP contribution in [0.5, 0.6) is 0 Å². The van der Waals surface area contributed by atoms with Crippen molar-refractivity contribution in [3.8, 4) is 45.0 Å². The van der Waals surface area contributed by atoms with E-state index in [0.29, 0.717) is 0 Å². The number of aromatic nitrogens is 4. The van der Waals surface area contributed by atoms with Gasteiger partial charge in [-0.1, -0.05) is 0 Å². The van der Waals surface area contributed by atoms with Gasteiger partial charge in [-0.2, -0.15) is 20.3 Å². The Kier molecular flexibility index (Phi) is 9.86. The second-order valence-electron chi connectivity index (χ2n) is 26.4. The molecule has 0 spiro atoms. The SMILES string of the molecule is CON1C(C)(C)c2cc3c(cc2C1(C)C)-c1cc2[nH]c(cc4nc(cc5[nH]c(cc-3n1)c1cc3c(cc51)C(C)(C)N(OC)C3(C)C)-c1cc3c(cc1-4)C(C)(C)N(OC)C3(C)C)c1cc3c(cc21)C(C)(C)N(OC)C3(C)C. The third kappa shape index (κ3) is 6.02. The molecule has 4 aromatic carbocycles. The maximum Gasteiger partial charge on any atom is 0.0737 e. The summed E-state index contributed by atoms with van der Waals surface area (Å²) in [6, 6.07) is 28.2. The number of hydroxylamine groups is 8. The summed E-state index contributed by atoms with van der Waals surface area (Å²) < 4.78 is 0. The number of hydrogen-bond acceptors (Lipinski definition) is 10. The van der Waals surface area contributed by atoms with Gasteiger partial charge in [-0.25, -0.2) is 9.97 Å². The van der Waals surface area contributed by atoms with Gasteiger partial charge in [0.05, 0.1) is 95.5 Å². The van der Waals surface area contributed by atoms with E-state index in [1.807, 2.05) is 0 Å². The van der Waals surface area contributed by atoms with Crippen LogP contribution in [-0.4, -0.2) is 68.6 Å². The van der Waals surface area contributed by atoms with E-state index in [0.717, 1.165) is 88.6 Å². The molecule has 13 rings (SSSR count). The van der Waals surface area contributed by atoms with E-state index in [9.17, 15) is 0 Å². The Bertz CT molecular complexity index is 3450. The molecule has 7 aromatic rings. The third-order valence-electron chi connectivity index (χ3n) is 19.1. The lowest BCUT2D eigenvalue weighted by Gasteiger charge is -2.38. The summed E-state index contributed by atoms with van der Waals surface area (Å²) in [5, 5.41) is 13.0. The number of benzene rings is 4.